The summed E-state index contributed by atoms with van der Waals surface area (Å²) in [5.74, 6) is 0. The molecule has 0 unspecified atom stereocenters. The van der Waals surface area contributed by atoms with Crippen LogP contribution in [0.4, 0.5) is 18.9 Å². The number of halogens is 4. The van der Waals surface area contributed by atoms with E-state index in [0.717, 1.165) is 23.3 Å². The minimum Gasteiger partial charge on any atom is -0.380 e. The quantitative estimate of drug-likeness (QED) is 0.813. The van der Waals surface area contributed by atoms with Gasteiger partial charge in [-0.15, -0.1) is 0 Å². The standard InChI is InChI=1S/C15H13ClF3N/c1-10-4-2-3-5-11(10)9-20-14-7-6-12(8-13(14)16)15(17,18)19/h2-8,20H,9H2,1H3. The van der Waals surface area contributed by atoms with Gasteiger partial charge in [0.15, 0.2) is 0 Å². The van der Waals surface area contributed by atoms with Crippen molar-refractivity contribution in [2.75, 3.05) is 5.32 Å². The lowest BCUT2D eigenvalue weighted by Gasteiger charge is -2.12. The largest absolute Gasteiger partial charge is 0.416 e. The van der Waals surface area contributed by atoms with Gasteiger partial charge in [-0.05, 0) is 36.2 Å². The van der Waals surface area contributed by atoms with Crippen LogP contribution in [0.15, 0.2) is 42.5 Å². The number of nitrogens with one attached hydrogen (secondary N) is 1. The number of rotatable bonds is 3. The number of hydrogen-bond acceptors (Lipinski definition) is 1. The van der Waals surface area contributed by atoms with Crippen LogP contribution in [0, 0.1) is 6.92 Å². The molecule has 0 fully saturated rings. The lowest BCUT2D eigenvalue weighted by atomic mass is 10.1. The monoisotopic (exact) mass is 299 g/mol. The molecular weight excluding hydrogens is 287 g/mol. The van der Waals surface area contributed by atoms with E-state index in [1.807, 2.05) is 31.2 Å². The average Bonchev–Trinajstić information content (AvgIpc) is 2.38. The summed E-state index contributed by atoms with van der Waals surface area (Å²) in [5.41, 5.74) is 1.93. The van der Waals surface area contributed by atoms with Crippen molar-refractivity contribution in [2.24, 2.45) is 0 Å². The minimum atomic E-state index is -4.38. The van der Waals surface area contributed by atoms with Crippen LogP contribution in [-0.2, 0) is 12.7 Å². The maximum Gasteiger partial charge on any atom is 0.416 e. The van der Waals surface area contributed by atoms with Gasteiger partial charge >= 0.3 is 6.18 Å². The zero-order valence-corrected chi connectivity index (χ0v) is 11.5. The highest BCUT2D eigenvalue weighted by atomic mass is 35.5. The van der Waals surface area contributed by atoms with E-state index in [0.29, 0.717) is 12.2 Å². The molecule has 2 aromatic carbocycles. The van der Waals surface area contributed by atoms with Crippen LogP contribution in [0.5, 0.6) is 0 Å². The highest BCUT2D eigenvalue weighted by molar-refractivity contribution is 6.33. The molecule has 0 aromatic heterocycles. The smallest absolute Gasteiger partial charge is 0.380 e. The van der Waals surface area contributed by atoms with Crippen molar-refractivity contribution in [1.82, 2.24) is 0 Å². The van der Waals surface area contributed by atoms with Crippen LogP contribution in [0.25, 0.3) is 0 Å². The fraction of sp³-hybridized carbons (Fsp3) is 0.200. The van der Waals surface area contributed by atoms with Crippen LogP contribution >= 0.6 is 11.6 Å². The highest BCUT2D eigenvalue weighted by Gasteiger charge is 2.30. The molecule has 5 heteroatoms. The summed E-state index contributed by atoms with van der Waals surface area (Å²) in [7, 11) is 0. The second-order valence-electron chi connectivity index (χ2n) is 4.47. The summed E-state index contributed by atoms with van der Waals surface area (Å²) in [4.78, 5) is 0. The first-order valence-electron chi connectivity index (χ1n) is 6.03. The molecule has 106 valence electrons. The highest BCUT2D eigenvalue weighted by Crippen LogP contribution is 2.33. The molecule has 0 saturated carbocycles. The molecule has 2 rings (SSSR count). The number of benzene rings is 2. The summed E-state index contributed by atoms with van der Waals surface area (Å²) < 4.78 is 37.6. The van der Waals surface area contributed by atoms with Crippen LogP contribution in [0.1, 0.15) is 16.7 Å². The van der Waals surface area contributed by atoms with E-state index in [4.69, 9.17) is 11.6 Å². The molecule has 1 nitrogen and oxygen atoms in total. The molecule has 0 radical (unpaired) electrons. The minimum absolute atomic E-state index is 0.0633. The molecule has 0 aliphatic heterocycles. The summed E-state index contributed by atoms with van der Waals surface area (Å²) in [5, 5.41) is 3.11. The molecule has 0 bridgehead atoms. The van der Waals surface area contributed by atoms with Crippen molar-refractivity contribution in [3.8, 4) is 0 Å². The van der Waals surface area contributed by atoms with E-state index in [1.54, 1.807) is 0 Å². The predicted octanol–water partition coefficient (Wildman–Crippen LogP) is 5.28. The molecule has 0 heterocycles. The number of alkyl halides is 3. The Morgan fingerprint density at radius 1 is 1.10 bits per heavy atom. The van der Waals surface area contributed by atoms with Gasteiger partial charge in [0.2, 0.25) is 0 Å². The Hall–Kier alpha value is -1.68. The van der Waals surface area contributed by atoms with Crippen molar-refractivity contribution in [1.29, 1.82) is 0 Å². The van der Waals surface area contributed by atoms with Crippen molar-refractivity contribution in [2.45, 2.75) is 19.6 Å². The first-order chi connectivity index (χ1) is 9.38. The molecule has 1 N–H and O–H groups in total. The van der Waals surface area contributed by atoms with E-state index in [1.165, 1.54) is 6.07 Å². The number of aryl methyl sites for hydroxylation is 1. The van der Waals surface area contributed by atoms with E-state index >= 15 is 0 Å². The molecule has 0 aliphatic rings. The molecule has 20 heavy (non-hydrogen) atoms. The zero-order chi connectivity index (χ0) is 14.8. The van der Waals surface area contributed by atoms with Gasteiger partial charge in [-0.3, -0.25) is 0 Å². The molecular formula is C15H13ClF3N. The van der Waals surface area contributed by atoms with Gasteiger partial charge in [0.25, 0.3) is 0 Å². The van der Waals surface area contributed by atoms with Gasteiger partial charge in [0, 0.05) is 6.54 Å². The molecule has 2 aromatic rings. The first kappa shape index (κ1) is 14.7. The topological polar surface area (TPSA) is 12.0 Å². The van der Waals surface area contributed by atoms with E-state index < -0.39 is 11.7 Å². The van der Waals surface area contributed by atoms with Gasteiger partial charge in [-0.25, -0.2) is 0 Å². The van der Waals surface area contributed by atoms with Gasteiger partial charge in [-0.1, -0.05) is 35.9 Å². The maximum absolute atomic E-state index is 12.5. The normalized spacial score (nSPS) is 11.4. The molecule has 0 saturated heterocycles. The second-order valence-corrected chi connectivity index (χ2v) is 4.88. The Balaban J connectivity index is 2.13. The number of anilines is 1. The fourth-order valence-corrected chi connectivity index (χ4v) is 2.08. The Bertz CT molecular complexity index is 608. The zero-order valence-electron chi connectivity index (χ0n) is 10.8. The van der Waals surface area contributed by atoms with Crippen LogP contribution in [0.2, 0.25) is 5.02 Å². The third kappa shape index (κ3) is 3.45. The van der Waals surface area contributed by atoms with Crippen molar-refractivity contribution < 1.29 is 13.2 Å². The van der Waals surface area contributed by atoms with Crippen LogP contribution < -0.4 is 5.32 Å². The Kier molecular flexibility index (Phi) is 4.23. The van der Waals surface area contributed by atoms with Gasteiger partial charge in [0.05, 0.1) is 16.3 Å². The van der Waals surface area contributed by atoms with Crippen LogP contribution in [-0.4, -0.2) is 0 Å². The van der Waals surface area contributed by atoms with E-state index in [-0.39, 0.29) is 5.02 Å². The SMILES string of the molecule is Cc1ccccc1CNc1ccc(C(F)(F)F)cc1Cl. The molecule has 0 atom stereocenters. The van der Waals surface area contributed by atoms with Crippen molar-refractivity contribution >= 4 is 17.3 Å². The lowest BCUT2D eigenvalue weighted by molar-refractivity contribution is -0.137. The Morgan fingerprint density at radius 3 is 2.40 bits per heavy atom. The summed E-state index contributed by atoms with van der Waals surface area (Å²) in [6.07, 6.45) is -4.38. The van der Waals surface area contributed by atoms with Gasteiger partial charge in [-0.2, -0.15) is 13.2 Å². The number of hydrogen-bond donors (Lipinski definition) is 1. The first-order valence-corrected chi connectivity index (χ1v) is 6.41. The Labute approximate surface area is 120 Å². The summed E-state index contributed by atoms with van der Waals surface area (Å²) in [6, 6.07) is 11.1. The van der Waals surface area contributed by atoms with Crippen molar-refractivity contribution in [3.63, 3.8) is 0 Å². The second kappa shape index (κ2) is 5.75. The fourth-order valence-electron chi connectivity index (χ4n) is 1.83. The molecule has 0 aliphatic carbocycles. The summed E-state index contributed by atoms with van der Waals surface area (Å²) >= 11 is 5.88. The van der Waals surface area contributed by atoms with E-state index in [2.05, 4.69) is 5.32 Å². The van der Waals surface area contributed by atoms with Gasteiger partial charge < -0.3 is 5.32 Å². The van der Waals surface area contributed by atoms with Crippen LogP contribution in [0.3, 0.4) is 0 Å². The maximum atomic E-state index is 12.5. The van der Waals surface area contributed by atoms with Gasteiger partial charge in [0.1, 0.15) is 0 Å². The third-order valence-electron chi connectivity index (χ3n) is 3.03. The average molecular weight is 300 g/mol. The predicted molar refractivity (Wildman–Crippen MR) is 75.0 cm³/mol. The lowest BCUT2D eigenvalue weighted by Crippen LogP contribution is -2.06. The van der Waals surface area contributed by atoms with Crippen molar-refractivity contribution in [3.05, 3.63) is 64.2 Å². The molecule has 0 spiro atoms. The summed E-state index contributed by atoms with van der Waals surface area (Å²) in [6.45, 7) is 2.49. The molecule has 0 amide bonds. The Morgan fingerprint density at radius 2 is 1.80 bits per heavy atom. The third-order valence-corrected chi connectivity index (χ3v) is 3.34. The van der Waals surface area contributed by atoms with E-state index in [9.17, 15) is 13.2 Å².